The van der Waals surface area contributed by atoms with Crippen molar-refractivity contribution in [3.05, 3.63) is 24.3 Å². The van der Waals surface area contributed by atoms with E-state index in [-0.39, 0.29) is 0 Å². The van der Waals surface area contributed by atoms with Crippen LogP contribution in [0.25, 0.3) is 0 Å². The van der Waals surface area contributed by atoms with Gasteiger partial charge in [0.1, 0.15) is 0 Å². The second-order valence-electron chi connectivity index (χ2n) is 8.19. The first-order valence-corrected chi connectivity index (χ1v) is 10.4. The Bertz CT molecular complexity index is 702. The van der Waals surface area contributed by atoms with Gasteiger partial charge < -0.3 is 9.80 Å². The number of nitrogens with zero attached hydrogens (tertiary/aromatic N) is 7. The molecule has 1 N–H and O–H groups in total. The molecule has 4 rings (SSSR count). The van der Waals surface area contributed by atoms with Crippen molar-refractivity contribution in [2.45, 2.75) is 58.0 Å². The van der Waals surface area contributed by atoms with Crippen molar-refractivity contribution in [3.63, 3.8) is 0 Å². The quantitative estimate of drug-likeness (QED) is 0.847. The molecule has 0 unspecified atom stereocenters. The Balaban J connectivity index is 1.49. The highest BCUT2D eigenvalue weighted by atomic mass is 15.6. The third kappa shape index (κ3) is 3.95. The Morgan fingerprint density at radius 1 is 1.04 bits per heavy atom. The van der Waals surface area contributed by atoms with E-state index in [1.54, 1.807) is 4.90 Å². The molecule has 2 fully saturated rings. The van der Waals surface area contributed by atoms with Crippen LogP contribution in [0.4, 0.5) is 5.95 Å². The van der Waals surface area contributed by atoms with E-state index in [4.69, 9.17) is 0 Å². The molecule has 3 heterocycles. The number of hydrogen-bond acceptors (Lipinski definition) is 6. The Kier molecular flexibility index (Phi) is 5.61. The number of nitrogens with one attached hydrogen (secondary N) is 1. The van der Waals surface area contributed by atoms with Crippen molar-refractivity contribution < 1.29 is 4.90 Å². The van der Waals surface area contributed by atoms with Gasteiger partial charge in [-0.3, -0.25) is 0 Å². The summed E-state index contributed by atoms with van der Waals surface area (Å²) in [5, 5.41) is 13.0. The Morgan fingerprint density at radius 2 is 1.74 bits per heavy atom. The van der Waals surface area contributed by atoms with Crippen molar-refractivity contribution >= 4 is 5.95 Å². The van der Waals surface area contributed by atoms with Crippen LogP contribution in [0.1, 0.15) is 63.9 Å². The first kappa shape index (κ1) is 18.3. The second kappa shape index (κ2) is 8.29. The molecule has 8 nitrogen and oxygen atoms in total. The smallest absolute Gasteiger partial charge is 0.225 e. The summed E-state index contributed by atoms with van der Waals surface area (Å²) in [6.07, 6.45) is 9.97. The molecular formula is C19H31N8+. The second-order valence-corrected chi connectivity index (χ2v) is 8.19. The predicted octanol–water partition coefficient (Wildman–Crippen LogP) is 1.07. The summed E-state index contributed by atoms with van der Waals surface area (Å²) in [7, 11) is 0. The zero-order valence-corrected chi connectivity index (χ0v) is 16.5. The van der Waals surface area contributed by atoms with Gasteiger partial charge in [0.15, 0.2) is 6.04 Å². The first-order valence-electron chi connectivity index (χ1n) is 10.4. The third-order valence-corrected chi connectivity index (χ3v) is 6.06. The van der Waals surface area contributed by atoms with Crippen LogP contribution in [-0.4, -0.2) is 56.4 Å². The zero-order chi connectivity index (χ0) is 18.6. The lowest BCUT2D eigenvalue weighted by atomic mass is 9.94. The maximum atomic E-state index is 4.51. The lowest BCUT2D eigenvalue weighted by Gasteiger charge is -2.37. The van der Waals surface area contributed by atoms with Gasteiger partial charge >= 0.3 is 0 Å². The van der Waals surface area contributed by atoms with Crippen molar-refractivity contribution in [1.29, 1.82) is 0 Å². The molecule has 0 spiro atoms. The van der Waals surface area contributed by atoms with Gasteiger partial charge in [-0.25, -0.2) is 14.6 Å². The van der Waals surface area contributed by atoms with Gasteiger partial charge in [0.05, 0.1) is 32.2 Å². The van der Waals surface area contributed by atoms with E-state index in [9.17, 15) is 0 Å². The fraction of sp³-hybridized carbons (Fsp3) is 0.737. The van der Waals surface area contributed by atoms with Crippen LogP contribution in [0.5, 0.6) is 0 Å². The molecule has 1 atom stereocenters. The average Bonchev–Trinajstić information content (AvgIpc) is 3.19. The van der Waals surface area contributed by atoms with Gasteiger partial charge in [-0.2, -0.15) is 0 Å². The number of anilines is 1. The number of tetrazole rings is 1. The highest BCUT2D eigenvalue weighted by Crippen LogP contribution is 2.30. The summed E-state index contributed by atoms with van der Waals surface area (Å²) >= 11 is 0. The van der Waals surface area contributed by atoms with Crippen molar-refractivity contribution in [3.8, 4) is 0 Å². The summed E-state index contributed by atoms with van der Waals surface area (Å²) in [6.45, 7) is 8.63. The van der Waals surface area contributed by atoms with Gasteiger partial charge in [-0.1, -0.05) is 33.1 Å². The van der Waals surface area contributed by atoms with E-state index in [0.717, 1.165) is 38.0 Å². The summed E-state index contributed by atoms with van der Waals surface area (Å²) in [5.41, 5.74) is 0. The minimum absolute atomic E-state index is 0.334. The summed E-state index contributed by atoms with van der Waals surface area (Å²) in [4.78, 5) is 12.7. The monoisotopic (exact) mass is 371 g/mol. The van der Waals surface area contributed by atoms with Crippen LogP contribution >= 0.6 is 0 Å². The van der Waals surface area contributed by atoms with Gasteiger partial charge in [0.25, 0.3) is 0 Å². The standard InChI is InChI=1S/C19H30N8/c1-15(2)17(18-22-23-24-27(18)16-7-4-3-5-8-16)25-11-13-26(14-12-25)19-20-9-6-10-21-19/h6,9-10,15-17H,3-5,7-8,11-14H2,1-2H3/p+1/t17-/m1/s1. The Morgan fingerprint density at radius 3 is 2.41 bits per heavy atom. The highest BCUT2D eigenvalue weighted by molar-refractivity contribution is 5.28. The maximum Gasteiger partial charge on any atom is 0.225 e. The first-order chi connectivity index (χ1) is 13.2. The van der Waals surface area contributed by atoms with E-state index in [1.807, 2.05) is 18.5 Å². The highest BCUT2D eigenvalue weighted by Gasteiger charge is 2.36. The van der Waals surface area contributed by atoms with Crippen LogP contribution in [0, 0.1) is 5.92 Å². The molecule has 1 aliphatic heterocycles. The molecule has 2 aromatic rings. The number of rotatable bonds is 5. The molecular weight excluding hydrogens is 340 g/mol. The van der Waals surface area contributed by atoms with E-state index >= 15 is 0 Å². The summed E-state index contributed by atoms with van der Waals surface area (Å²) in [5.74, 6) is 2.41. The molecule has 0 radical (unpaired) electrons. The van der Waals surface area contributed by atoms with E-state index in [1.165, 1.54) is 32.1 Å². The fourth-order valence-electron chi connectivity index (χ4n) is 4.70. The molecule has 1 saturated heterocycles. The normalized spacial score (nSPS) is 20.9. The van der Waals surface area contributed by atoms with Crippen LogP contribution in [-0.2, 0) is 0 Å². The molecule has 0 aromatic carbocycles. The lowest BCUT2D eigenvalue weighted by molar-refractivity contribution is -0.937. The molecule has 2 aliphatic rings. The zero-order valence-electron chi connectivity index (χ0n) is 16.5. The third-order valence-electron chi connectivity index (χ3n) is 6.06. The SMILES string of the molecule is CC(C)[C@H](c1nnnn1C1CCCCC1)[NH+]1CCN(c2ncccn2)CC1. The van der Waals surface area contributed by atoms with Crippen molar-refractivity contribution in [2.24, 2.45) is 5.92 Å². The van der Waals surface area contributed by atoms with Gasteiger partial charge in [-0.15, -0.1) is 5.10 Å². The van der Waals surface area contributed by atoms with E-state index in [2.05, 4.69) is 48.9 Å². The number of hydrogen-bond donors (Lipinski definition) is 1. The maximum absolute atomic E-state index is 4.51. The van der Waals surface area contributed by atoms with Gasteiger partial charge in [0.2, 0.25) is 11.8 Å². The molecule has 1 aliphatic carbocycles. The minimum Gasteiger partial charge on any atom is -0.330 e. The number of quaternary nitrogens is 1. The summed E-state index contributed by atoms with van der Waals surface area (Å²) < 4.78 is 2.16. The van der Waals surface area contributed by atoms with Gasteiger partial charge in [0, 0.05) is 18.3 Å². The predicted molar refractivity (Wildman–Crippen MR) is 102 cm³/mol. The molecule has 8 heteroatoms. The Labute approximate surface area is 161 Å². The minimum atomic E-state index is 0.334. The van der Waals surface area contributed by atoms with Gasteiger partial charge in [-0.05, 0) is 29.3 Å². The summed E-state index contributed by atoms with van der Waals surface area (Å²) in [6, 6.07) is 2.68. The van der Waals surface area contributed by atoms with E-state index in [0.29, 0.717) is 18.0 Å². The number of aromatic nitrogens is 6. The molecule has 1 saturated carbocycles. The van der Waals surface area contributed by atoms with Crippen LogP contribution in [0.15, 0.2) is 18.5 Å². The van der Waals surface area contributed by atoms with Crippen molar-refractivity contribution in [1.82, 2.24) is 30.2 Å². The molecule has 27 heavy (non-hydrogen) atoms. The van der Waals surface area contributed by atoms with Crippen LogP contribution in [0.3, 0.4) is 0 Å². The lowest BCUT2D eigenvalue weighted by Crippen LogP contribution is -3.15. The largest absolute Gasteiger partial charge is 0.330 e. The average molecular weight is 372 g/mol. The molecule has 0 amide bonds. The number of piperazine rings is 1. The Hall–Kier alpha value is -2.09. The molecule has 2 aromatic heterocycles. The van der Waals surface area contributed by atoms with E-state index < -0.39 is 0 Å². The van der Waals surface area contributed by atoms with Crippen LogP contribution in [0.2, 0.25) is 0 Å². The fourth-order valence-corrected chi connectivity index (χ4v) is 4.70. The molecule has 0 bridgehead atoms. The molecule has 146 valence electrons. The topological polar surface area (TPSA) is 77.1 Å². The van der Waals surface area contributed by atoms with Crippen molar-refractivity contribution in [2.75, 3.05) is 31.1 Å². The van der Waals surface area contributed by atoms with Crippen LogP contribution < -0.4 is 9.80 Å².